The maximum atomic E-state index is 11.8. The highest BCUT2D eigenvalue weighted by Gasteiger charge is 2.40. The van der Waals surface area contributed by atoms with Crippen LogP contribution in [0, 0.1) is 18.3 Å². The summed E-state index contributed by atoms with van der Waals surface area (Å²) in [6, 6.07) is 16.7. The minimum absolute atomic E-state index is 0.0824. The second kappa shape index (κ2) is 12.5. The van der Waals surface area contributed by atoms with Crippen molar-refractivity contribution in [1.29, 1.82) is 5.26 Å². The summed E-state index contributed by atoms with van der Waals surface area (Å²) in [5.74, 6) is 1.09. The number of aromatic nitrogens is 2. The normalized spacial score (nSPS) is 23.7. The number of likely N-dealkylation sites (N-methyl/N-ethyl adjacent to an activating group) is 1. The Labute approximate surface area is 266 Å². The molecule has 3 aromatic rings. The number of anilines is 2. The summed E-state index contributed by atoms with van der Waals surface area (Å²) >= 11 is 0. The maximum absolute atomic E-state index is 11.8. The van der Waals surface area contributed by atoms with Gasteiger partial charge in [0.15, 0.2) is 0 Å². The first-order valence-electron chi connectivity index (χ1n) is 16.5. The lowest BCUT2D eigenvalue weighted by Gasteiger charge is -2.42. The molecule has 10 heteroatoms. The van der Waals surface area contributed by atoms with E-state index in [1.807, 2.05) is 4.90 Å². The molecule has 1 aromatic heterocycles. The number of ether oxygens (including phenoxy) is 1. The highest BCUT2D eigenvalue weighted by atomic mass is 16.5. The molecule has 7 rings (SSSR count). The number of aryl methyl sites for hydroxylation is 1. The van der Waals surface area contributed by atoms with Gasteiger partial charge in [-0.05, 0) is 56.8 Å². The van der Waals surface area contributed by atoms with Crippen LogP contribution in [0.4, 0.5) is 11.5 Å². The van der Waals surface area contributed by atoms with Crippen molar-refractivity contribution in [1.82, 2.24) is 24.7 Å². The molecule has 3 atom stereocenters. The van der Waals surface area contributed by atoms with Gasteiger partial charge in [0.2, 0.25) is 5.91 Å². The number of piperazine rings is 1. The molecule has 0 saturated carbocycles. The van der Waals surface area contributed by atoms with Crippen LogP contribution in [0.2, 0.25) is 0 Å². The second-order valence-electron chi connectivity index (χ2n) is 13.2. The van der Waals surface area contributed by atoms with E-state index in [4.69, 9.17) is 14.7 Å². The van der Waals surface area contributed by atoms with E-state index in [0.717, 1.165) is 70.2 Å². The molecule has 10 nitrogen and oxygen atoms in total. The van der Waals surface area contributed by atoms with Crippen molar-refractivity contribution in [2.75, 3.05) is 69.3 Å². The van der Waals surface area contributed by atoms with Crippen LogP contribution in [0.1, 0.15) is 43.0 Å². The summed E-state index contributed by atoms with van der Waals surface area (Å²) in [7, 11) is 2.16. The average molecular weight is 609 g/mol. The van der Waals surface area contributed by atoms with Crippen LogP contribution in [0.5, 0.6) is 6.01 Å². The molecule has 2 aromatic carbocycles. The Balaban J connectivity index is 1.17. The van der Waals surface area contributed by atoms with Crippen LogP contribution in [0.15, 0.2) is 36.4 Å². The Morgan fingerprint density at radius 2 is 1.87 bits per heavy atom. The number of nitriles is 1. The van der Waals surface area contributed by atoms with Crippen LogP contribution in [-0.2, 0) is 17.8 Å². The van der Waals surface area contributed by atoms with Gasteiger partial charge in [-0.3, -0.25) is 9.69 Å². The minimum atomic E-state index is 0.0824. The third kappa shape index (κ3) is 6.03. The lowest BCUT2D eigenvalue weighted by atomic mass is 9.99. The van der Waals surface area contributed by atoms with E-state index in [0.29, 0.717) is 31.6 Å². The van der Waals surface area contributed by atoms with Crippen LogP contribution < -0.4 is 14.5 Å². The zero-order chi connectivity index (χ0) is 31.1. The Morgan fingerprint density at radius 1 is 1.02 bits per heavy atom. The van der Waals surface area contributed by atoms with Gasteiger partial charge in [0.05, 0.1) is 30.8 Å². The molecule has 4 aliphatic heterocycles. The number of likely N-dealkylation sites (tertiary alicyclic amines) is 1. The van der Waals surface area contributed by atoms with E-state index < -0.39 is 0 Å². The lowest BCUT2D eigenvalue weighted by Crippen LogP contribution is -2.55. The number of benzene rings is 2. The van der Waals surface area contributed by atoms with Gasteiger partial charge in [-0.25, -0.2) is 0 Å². The molecule has 0 unspecified atom stereocenters. The highest BCUT2D eigenvalue weighted by molar-refractivity contribution is 5.97. The molecule has 45 heavy (non-hydrogen) atoms. The molecule has 4 aliphatic rings. The number of carbonyl (C=O) groups excluding carboxylic acids is 1. The fourth-order valence-corrected chi connectivity index (χ4v) is 7.67. The SMILES string of the molecule is CC(=O)N1C[C@@H]1CN1CCN(c2nc(OC[C@@H]3CCCN3C)nc3c2CCN(c2cccc4cccc(C)c24)C3)C[C@@H]1CC#N. The van der Waals surface area contributed by atoms with Crippen LogP contribution in [-0.4, -0.2) is 108 Å². The number of nitrogens with zero attached hydrogens (tertiary/aromatic N) is 8. The van der Waals surface area contributed by atoms with Crippen molar-refractivity contribution in [2.24, 2.45) is 0 Å². The van der Waals surface area contributed by atoms with Crippen molar-refractivity contribution in [3.05, 3.63) is 53.2 Å². The molecule has 3 saturated heterocycles. The molecule has 3 fully saturated rings. The first-order chi connectivity index (χ1) is 21.9. The van der Waals surface area contributed by atoms with Crippen LogP contribution in [0.3, 0.4) is 0 Å². The Morgan fingerprint density at radius 3 is 2.62 bits per heavy atom. The quantitative estimate of drug-likeness (QED) is 0.356. The van der Waals surface area contributed by atoms with E-state index in [2.05, 4.69) is 76.0 Å². The largest absolute Gasteiger partial charge is 0.462 e. The number of hydrogen-bond acceptors (Lipinski definition) is 9. The first-order valence-corrected chi connectivity index (χ1v) is 16.5. The predicted octanol–water partition coefficient (Wildman–Crippen LogP) is 3.61. The summed E-state index contributed by atoms with van der Waals surface area (Å²) in [6.45, 7) is 11.1. The van der Waals surface area contributed by atoms with E-state index in [1.54, 1.807) is 6.92 Å². The smallest absolute Gasteiger partial charge is 0.318 e. The first kappa shape index (κ1) is 29.8. The van der Waals surface area contributed by atoms with E-state index in [-0.39, 0.29) is 18.0 Å². The van der Waals surface area contributed by atoms with Gasteiger partial charge in [-0.15, -0.1) is 0 Å². The Bertz CT molecular complexity index is 1620. The molecule has 0 N–H and O–H groups in total. The average Bonchev–Trinajstić information content (AvgIpc) is 3.70. The summed E-state index contributed by atoms with van der Waals surface area (Å²) < 4.78 is 6.37. The molecule has 5 heterocycles. The summed E-state index contributed by atoms with van der Waals surface area (Å²) in [4.78, 5) is 33.5. The second-order valence-corrected chi connectivity index (χ2v) is 13.2. The number of carbonyl (C=O) groups is 1. The van der Waals surface area contributed by atoms with E-state index >= 15 is 0 Å². The third-order valence-electron chi connectivity index (χ3n) is 10.3. The molecular formula is C35H44N8O2. The number of fused-ring (bicyclic) bond motifs is 2. The van der Waals surface area contributed by atoms with Crippen molar-refractivity contribution in [2.45, 2.75) is 64.2 Å². The van der Waals surface area contributed by atoms with Gasteiger partial charge in [0, 0.05) is 74.9 Å². The summed E-state index contributed by atoms with van der Waals surface area (Å²) in [6.07, 6.45) is 3.61. The summed E-state index contributed by atoms with van der Waals surface area (Å²) in [5, 5.41) is 12.3. The molecule has 0 bridgehead atoms. The fourth-order valence-electron chi connectivity index (χ4n) is 7.67. The van der Waals surface area contributed by atoms with Crippen molar-refractivity contribution in [3.8, 4) is 12.1 Å². The number of rotatable bonds is 8. The number of hydrogen-bond donors (Lipinski definition) is 0. The lowest BCUT2D eigenvalue weighted by molar-refractivity contribution is -0.124. The zero-order valence-electron chi connectivity index (χ0n) is 26.8. The zero-order valence-corrected chi connectivity index (χ0v) is 26.8. The molecule has 0 aliphatic carbocycles. The highest BCUT2D eigenvalue weighted by Crippen LogP contribution is 2.36. The summed E-state index contributed by atoms with van der Waals surface area (Å²) in [5.41, 5.74) is 4.75. The Hall–Kier alpha value is -3.94. The standard InChI is InChI=1S/C35H44N8O2/c1-24-7-4-8-26-9-5-11-32(33(24)26)41-16-13-30-31(22-41)37-35(45-23-28-10-6-15-39(28)3)38-34(30)42-18-17-40(27(19-42)12-14-36)20-29-21-43(29)25(2)44/h4-5,7-9,11,27-29H,6,10,12-13,15-23H2,1-3H3/t27-,28-,29-,43?/m0/s1. The maximum Gasteiger partial charge on any atom is 0.318 e. The Kier molecular flexibility index (Phi) is 8.23. The van der Waals surface area contributed by atoms with Crippen LogP contribution >= 0.6 is 0 Å². The number of amides is 1. The monoisotopic (exact) mass is 608 g/mol. The van der Waals surface area contributed by atoms with Gasteiger partial charge >= 0.3 is 6.01 Å². The van der Waals surface area contributed by atoms with Crippen molar-refractivity contribution in [3.63, 3.8) is 0 Å². The molecule has 0 spiro atoms. The van der Waals surface area contributed by atoms with Crippen molar-refractivity contribution >= 4 is 28.2 Å². The van der Waals surface area contributed by atoms with Gasteiger partial charge in [0.1, 0.15) is 12.4 Å². The van der Waals surface area contributed by atoms with Crippen molar-refractivity contribution < 1.29 is 9.53 Å². The minimum Gasteiger partial charge on any atom is -0.462 e. The molecule has 236 valence electrons. The van der Waals surface area contributed by atoms with E-state index in [1.165, 1.54) is 34.0 Å². The van der Waals surface area contributed by atoms with Gasteiger partial charge < -0.3 is 24.3 Å². The molecular weight excluding hydrogens is 564 g/mol. The molecule has 1 amide bonds. The predicted molar refractivity (Wildman–Crippen MR) is 176 cm³/mol. The third-order valence-corrected chi connectivity index (χ3v) is 10.3. The fraction of sp³-hybridized carbons (Fsp3) is 0.543. The van der Waals surface area contributed by atoms with Gasteiger partial charge in [-0.1, -0.05) is 30.3 Å². The van der Waals surface area contributed by atoms with Gasteiger partial charge in [-0.2, -0.15) is 15.2 Å². The molecule has 0 radical (unpaired) electrons. The van der Waals surface area contributed by atoms with Gasteiger partial charge in [0.25, 0.3) is 0 Å². The topological polar surface area (TPSA) is 91.8 Å². The van der Waals surface area contributed by atoms with Crippen LogP contribution in [0.25, 0.3) is 10.8 Å². The van der Waals surface area contributed by atoms with E-state index in [9.17, 15) is 10.1 Å².